The van der Waals surface area contributed by atoms with Crippen LogP contribution in [0.4, 0.5) is 5.95 Å². The van der Waals surface area contributed by atoms with Gasteiger partial charge in [0.15, 0.2) is 0 Å². The van der Waals surface area contributed by atoms with Crippen molar-refractivity contribution in [3.8, 4) is 0 Å². The Bertz CT molecular complexity index is 326. The van der Waals surface area contributed by atoms with E-state index in [1.165, 1.54) is 5.75 Å². The Kier molecular flexibility index (Phi) is 5.60. The van der Waals surface area contributed by atoms with Crippen molar-refractivity contribution >= 4 is 17.7 Å². The number of rotatable bonds is 6. The quantitative estimate of drug-likeness (QED) is 0.774. The number of hydrogen-bond donors (Lipinski definition) is 1. The van der Waals surface area contributed by atoms with Crippen LogP contribution in [0.3, 0.4) is 0 Å². The van der Waals surface area contributed by atoms with E-state index in [4.69, 9.17) is 0 Å². The van der Waals surface area contributed by atoms with Crippen LogP contribution in [0.25, 0.3) is 0 Å². The Labute approximate surface area is 102 Å². The van der Waals surface area contributed by atoms with Crippen molar-refractivity contribution in [3.63, 3.8) is 0 Å². The molecular weight excluding hydrogens is 218 g/mol. The van der Waals surface area contributed by atoms with Crippen molar-refractivity contribution < 1.29 is 0 Å². The van der Waals surface area contributed by atoms with E-state index in [2.05, 4.69) is 41.5 Å². The van der Waals surface area contributed by atoms with E-state index in [0.29, 0.717) is 5.92 Å². The summed E-state index contributed by atoms with van der Waals surface area (Å²) in [5.41, 5.74) is 2.14. The summed E-state index contributed by atoms with van der Waals surface area (Å²) < 4.78 is 0. The molecule has 0 radical (unpaired) electrons. The Balaban J connectivity index is 2.58. The van der Waals surface area contributed by atoms with E-state index in [-0.39, 0.29) is 0 Å². The van der Waals surface area contributed by atoms with Crippen LogP contribution >= 0.6 is 11.8 Å². The van der Waals surface area contributed by atoms with Crippen molar-refractivity contribution in [2.75, 3.05) is 23.9 Å². The van der Waals surface area contributed by atoms with E-state index in [1.807, 2.05) is 18.7 Å². The van der Waals surface area contributed by atoms with Gasteiger partial charge in [-0.15, -0.1) is 0 Å². The molecule has 0 spiro atoms. The molecule has 1 rings (SSSR count). The number of hydrogen-bond acceptors (Lipinski definition) is 4. The van der Waals surface area contributed by atoms with Crippen LogP contribution in [-0.2, 0) is 0 Å². The first kappa shape index (κ1) is 13.3. The van der Waals surface area contributed by atoms with E-state index in [9.17, 15) is 0 Å². The molecule has 90 valence electrons. The normalized spacial score (nSPS) is 10.8. The van der Waals surface area contributed by atoms with Crippen molar-refractivity contribution in [2.45, 2.75) is 33.1 Å². The van der Waals surface area contributed by atoms with Crippen molar-refractivity contribution in [3.05, 3.63) is 17.5 Å². The van der Waals surface area contributed by atoms with Gasteiger partial charge in [0.05, 0.1) is 0 Å². The topological polar surface area (TPSA) is 37.8 Å². The van der Waals surface area contributed by atoms with E-state index >= 15 is 0 Å². The molecule has 0 saturated carbocycles. The number of anilines is 1. The predicted molar refractivity (Wildman–Crippen MR) is 72.3 cm³/mol. The monoisotopic (exact) mass is 239 g/mol. The van der Waals surface area contributed by atoms with Crippen molar-refractivity contribution in [1.82, 2.24) is 9.97 Å². The number of thioether (sulfide) groups is 1. The average Bonchev–Trinajstić information content (AvgIpc) is 2.23. The molecule has 0 aliphatic rings. The van der Waals surface area contributed by atoms with Crippen LogP contribution in [0.15, 0.2) is 6.07 Å². The number of nitrogens with zero attached hydrogens (tertiary/aromatic N) is 2. The maximum absolute atomic E-state index is 4.50. The Morgan fingerprint density at radius 1 is 1.38 bits per heavy atom. The van der Waals surface area contributed by atoms with E-state index in [0.717, 1.165) is 30.3 Å². The molecule has 4 heteroatoms. The lowest BCUT2D eigenvalue weighted by Gasteiger charge is -2.09. The fourth-order valence-electron chi connectivity index (χ4n) is 1.38. The van der Waals surface area contributed by atoms with Crippen LogP contribution in [0.1, 0.15) is 37.6 Å². The van der Waals surface area contributed by atoms with Gasteiger partial charge in [0.2, 0.25) is 5.95 Å². The minimum atomic E-state index is 0.452. The molecule has 0 amide bonds. The van der Waals surface area contributed by atoms with Gasteiger partial charge in [-0.25, -0.2) is 9.97 Å². The maximum atomic E-state index is 4.50. The smallest absolute Gasteiger partial charge is 0.223 e. The van der Waals surface area contributed by atoms with Crippen LogP contribution in [-0.4, -0.2) is 28.5 Å². The average molecular weight is 239 g/mol. The third-order valence-electron chi connectivity index (χ3n) is 2.27. The molecule has 1 aromatic heterocycles. The molecule has 0 bridgehead atoms. The van der Waals surface area contributed by atoms with Crippen LogP contribution in [0.2, 0.25) is 0 Å². The maximum Gasteiger partial charge on any atom is 0.223 e. The summed E-state index contributed by atoms with van der Waals surface area (Å²) in [5.74, 6) is 2.40. The highest BCUT2D eigenvalue weighted by Gasteiger charge is 2.04. The van der Waals surface area contributed by atoms with Gasteiger partial charge in [-0.05, 0) is 37.3 Å². The van der Waals surface area contributed by atoms with Gasteiger partial charge in [-0.2, -0.15) is 11.8 Å². The van der Waals surface area contributed by atoms with Gasteiger partial charge in [0.1, 0.15) is 0 Å². The highest BCUT2D eigenvalue weighted by molar-refractivity contribution is 7.98. The zero-order valence-corrected chi connectivity index (χ0v) is 11.4. The van der Waals surface area contributed by atoms with Gasteiger partial charge < -0.3 is 5.32 Å². The van der Waals surface area contributed by atoms with Gasteiger partial charge in [0.25, 0.3) is 0 Å². The van der Waals surface area contributed by atoms with Crippen LogP contribution in [0.5, 0.6) is 0 Å². The molecular formula is C12H21N3S. The second-order valence-electron chi connectivity index (χ2n) is 4.19. The van der Waals surface area contributed by atoms with E-state index in [1.54, 1.807) is 0 Å². The molecule has 0 saturated heterocycles. The molecule has 0 unspecified atom stereocenters. The summed E-state index contributed by atoms with van der Waals surface area (Å²) in [6.07, 6.45) is 3.27. The molecule has 0 aliphatic heterocycles. The second kappa shape index (κ2) is 6.74. The molecule has 1 heterocycles. The van der Waals surface area contributed by atoms with Crippen molar-refractivity contribution in [2.24, 2.45) is 0 Å². The lowest BCUT2D eigenvalue weighted by Crippen LogP contribution is -2.08. The van der Waals surface area contributed by atoms with Gasteiger partial charge in [-0.3, -0.25) is 0 Å². The SMILES string of the molecule is CSCCCNc1nc(C)cc(C(C)C)n1. The number of aryl methyl sites for hydroxylation is 1. The van der Waals surface area contributed by atoms with Crippen LogP contribution in [0, 0.1) is 6.92 Å². The first-order valence-electron chi connectivity index (χ1n) is 5.72. The van der Waals surface area contributed by atoms with E-state index < -0.39 is 0 Å². The molecule has 0 atom stereocenters. The third-order valence-corrected chi connectivity index (χ3v) is 2.97. The fraction of sp³-hybridized carbons (Fsp3) is 0.667. The second-order valence-corrected chi connectivity index (χ2v) is 5.17. The standard InChI is InChI=1S/C12H21N3S/c1-9(2)11-8-10(3)14-12(15-11)13-6-5-7-16-4/h8-9H,5-7H2,1-4H3,(H,13,14,15). The molecule has 16 heavy (non-hydrogen) atoms. The zero-order chi connectivity index (χ0) is 12.0. The summed E-state index contributed by atoms with van der Waals surface area (Å²) in [5, 5.41) is 3.28. The number of aromatic nitrogens is 2. The molecule has 1 aromatic rings. The van der Waals surface area contributed by atoms with Gasteiger partial charge in [-0.1, -0.05) is 13.8 Å². The molecule has 3 nitrogen and oxygen atoms in total. The lowest BCUT2D eigenvalue weighted by molar-refractivity contribution is 0.807. The third kappa shape index (κ3) is 4.39. The predicted octanol–water partition coefficient (Wildman–Crippen LogP) is 3.07. The molecule has 0 aromatic carbocycles. The summed E-state index contributed by atoms with van der Waals surface area (Å²) in [4.78, 5) is 8.89. The lowest BCUT2D eigenvalue weighted by atomic mass is 10.1. The largest absolute Gasteiger partial charge is 0.354 e. The van der Waals surface area contributed by atoms with Gasteiger partial charge in [0, 0.05) is 17.9 Å². The van der Waals surface area contributed by atoms with Crippen molar-refractivity contribution in [1.29, 1.82) is 0 Å². The fourth-order valence-corrected chi connectivity index (χ4v) is 1.82. The summed E-state index contributed by atoms with van der Waals surface area (Å²) in [6, 6.07) is 2.05. The molecule has 0 fully saturated rings. The highest BCUT2D eigenvalue weighted by atomic mass is 32.2. The highest BCUT2D eigenvalue weighted by Crippen LogP contribution is 2.14. The summed E-state index contributed by atoms with van der Waals surface area (Å²) in [7, 11) is 0. The minimum Gasteiger partial charge on any atom is -0.354 e. The Morgan fingerprint density at radius 2 is 2.12 bits per heavy atom. The minimum absolute atomic E-state index is 0.452. The summed E-state index contributed by atoms with van der Waals surface area (Å²) >= 11 is 1.87. The first-order chi connectivity index (χ1) is 7.63. The molecule has 0 aliphatic carbocycles. The molecule has 1 N–H and O–H groups in total. The zero-order valence-electron chi connectivity index (χ0n) is 10.6. The number of nitrogens with one attached hydrogen (secondary N) is 1. The Morgan fingerprint density at radius 3 is 2.75 bits per heavy atom. The van der Waals surface area contributed by atoms with Gasteiger partial charge >= 0.3 is 0 Å². The Hall–Kier alpha value is -0.770. The van der Waals surface area contributed by atoms with Crippen LogP contribution < -0.4 is 5.32 Å². The first-order valence-corrected chi connectivity index (χ1v) is 7.11. The summed E-state index contributed by atoms with van der Waals surface area (Å²) in [6.45, 7) is 7.26.